The SMILES string of the molecule is CC(C(=O)O)N1CCN(C(=O)CCC(C)(C)N)CC1. The standard InChI is InChI=1S/C13H25N3O3/c1-10(12(18)19)15-6-8-16(9-7-15)11(17)4-5-13(2,3)14/h10H,4-9,14H2,1-3H3,(H,18,19). The number of carboxylic acids is 1. The molecule has 1 amide bonds. The molecule has 1 heterocycles. The molecule has 0 aromatic rings. The molecule has 3 N–H and O–H groups in total. The van der Waals surface area contributed by atoms with E-state index in [4.69, 9.17) is 10.8 Å². The second-order valence-corrected chi connectivity index (χ2v) is 5.92. The molecule has 0 bridgehead atoms. The van der Waals surface area contributed by atoms with Gasteiger partial charge in [-0.3, -0.25) is 14.5 Å². The number of nitrogens with two attached hydrogens (primary N) is 1. The lowest BCUT2D eigenvalue weighted by atomic mass is 9.99. The van der Waals surface area contributed by atoms with Gasteiger partial charge < -0.3 is 15.7 Å². The van der Waals surface area contributed by atoms with Crippen LogP contribution in [0.3, 0.4) is 0 Å². The lowest BCUT2D eigenvalue weighted by Gasteiger charge is -2.37. The number of amides is 1. The van der Waals surface area contributed by atoms with Crippen molar-refractivity contribution in [2.45, 2.75) is 45.2 Å². The monoisotopic (exact) mass is 271 g/mol. The minimum absolute atomic E-state index is 0.112. The molecule has 110 valence electrons. The lowest BCUT2D eigenvalue weighted by molar-refractivity contribution is -0.144. The van der Waals surface area contributed by atoms with E-state index in [-0.39, 0.29) is 11.4 Å². The molecular weight excluding hydrogens is 246 g/mol. The Bertz CT molecular complexity index is 331. The average molecular weight is 271 g/mol. The topological polar surface area (TPSA) is 86.9 Å². The molecule has 1 aliphatic rings. The van der Waals surface area contributed by atoms with Crippen molar-refractivity contribution in [1.29, 1.82) is 0 Å². The van der Waals surface area contributed by atoms with E-state index in [1.54, 1.807) is 11.8 Å². The highest BCUT2D eigenvalue weighted by Crippen LogP contribution is 2.12. The van der Waals surface area contributed by atoms with Crippen LogP contribution in [-0.2, 0) is 9.59 Å². The Labute approximate surface area is 114 Å². The third-order valence-corrected chi connectivity index (χ3v) is 3.56. The van der Waals surface area contributed by atoms with E-state index in [2.05, 4.69) is 0 Å². The number of aliphatic carboxylic acids is 1. The lowest BCUT2D eigenvalue weighted by Crippen LogP contribution is -2.53. The Morgan fingerprint density at radius 2 is 1.79 bits per heavy atom. The molecule has 1 fully saturated rings. The Morgan fingerprint density at radius 3 is 2.21 bits per heavy atom. The van der Waals surface area contributed by atoms with Crippen LogP contribution in [0.5, 0.6) is 0 Å². The van der Waals surface area contributed by atoms with E-state index in [9.17, 15) is 9.59 Å². The van der Waals surface area contributed by atoms with Gasteiger partial charge in [-0.25, -0.2) is 0 Å². The van der Waals surface area contributed by atoms with Crippen molar-refractivity contribution in [3.8, 4) is 0 Å². The first-order valence-corrected chi connectivity index (χ1v) is 6.74. The molecule has 0 spiro atoms. The van der Waals surface area contributed by atoms with Gasteiger partial charge in [0.2, 0.25) is 5.91 Å². The summed E-state index contributed by atoms with van der Waals surface area (Å²) in [6, 6.07) is -0.486. The van der Waals surface area contributed by atoms with Crippen molar-refractivity contribution in [3.63, 3.8) is 0 Å². The van der Waals surface area contributed by atoms with Crippen LogP contribution < -0.4 is 5.73 Å². The Hall–Kier alpha value is -1.14. The molecule has 0 radical (unpaired) electrons. The maximum absolute atomic E-state index is 12.0. The van der Waals surface area contributed by atoms with Gasteiger partial charge in [0.15, 0.2) is 0 Å². The smallest absolute Gasteiger partial charge is 0.320 e. The normalized spacial score (nSPS) is 19.3. The Kier molecular flexibility index (Phi) is 5.31. The maximum atomic E-state index is 12.0. The van der Waals surface area contributed by atoms with Gasteiger partial charge in [0, 0.05) is 38.1 Å². The summed E-state index contributed by atoms with van der Waals surface area (Å²) in [6.07, 6.45) is 1.12. The van der Waals surface area contributed by atoms with E-state index >= 15 is 0 Å². The number of hydrogen-bond donors (Lipinski definition) is 2. The van der Waals surface area contributed by atoms with Crippen molar-refractivity contribution in [2.24, 2.45) is 5.73 Å². The first kappa shape index (κ1) is 15.9. The van der Waals surface area contributed by atoms with Crippen molar-refractivity contribution in [2.75, 3.05) is 26.2 Å². The molecular formula is C13H25N3O3. The summed E-state index contributed by atoms with van der Waals surface area (Å²) >= 11 is 0. The minimum Gasteiger partial charge on any atom is -0.480 e. The van der Waals surface area contributed by atoms with Crippen molar-refractivity contribution >= 4 is 11.9 Å². The van der Waals surface area contributed by atoms with Gasteiger partial charge in [-0.2, -0.15) is 0 Å². The third kappa shape index (κ3) is 5.16. The maximum Gasteiger partial charge on any atom is 0.320 e. The fourth-order valence-corrected chi connectivity index (χ4v) is 2.10. The number of carbonyl (C=O) groups is 2. The van der Waals surface area contributed by atoms with Crippen molar-refractivity contribution in [1.82, 2.24) is 9.80 Å². The highest BCUT2D eigenvalue weighted by Gasteiger charge is 2.27. The van der Waals surface area contributed by atoms with Gasteiger partial charge in [-0.05, 0) is 27.2 Å². The van der Waals surface area contributed by atoms with Crippen LogP contribution in [0, 0.1) is 0 Å². The summed E-state index contributed by atoms with van der Waals surface area (Å²) in [4.78, 5) is 26.6. The van der Waals surface area contributed by atoms with E-state index in [1.165, 1.54) is 0 Å². The molecule has 1 aliphatic heterocycles. The average Bonchev–Trinajstić information content (AvgIpc) is 2.34. The molecule has 1 atom stereocenters. The first-order valence-electron chi connectivity index (χ1n) is 6.74. The molecule has 0 saturated carbocycles. The van der Waals surface area contributed by atoms with Crippen LogP contribution >= 0.6 is 0 Å². The zero-order valence-electron chi connectivity index (χ0n) is 12.1. The number of carboxylic acid groups (broad SMARTS) is 1. The van der Waals surface area contributed by atoms with Gasteiger partial charge in [0.05, 0.1) is 0 Å². The fourth-order valence-electron chi connectivity index (χ4n) is 2.10. The molecule has 0 aromatic carbocycles. The van der Waals surface area contributed by atoms with Crippen molar-refractivity contribution < 1.29 is 14.7 Å². The zero-order chi connectivity index (χ0) is 14.6. The summed E-state index contributed by atoms with van der Waals surface area (Å²) < 4.78 is 0. The largest absolute Gasteiger partial charge is 0.480 e. The zero-order valence-corrected chi connectivity index (χ0v) is 12.1. The van der Waals surface area contributed by atoms with Crippen LogP contribution in [0.15, 0.2) is 0 Å². The van der Waals surface area contributed by atoms with Gasteiger partial charge in [-0.1, -0.05) is 0 Å². The number of rotatable bonds is 5. The summed E-state index contributed by atoms with van der Waals surface area (Å²) in [5, 5.41) is 8.95. The summed E-state index contributed by atoms with van der Waals surface area (Å²) in [5.74, 6) is -0.703. The molecule has 0 aliphatic carbocycles. The minimum atomic E-state index is -0.815. The van der Waals surface area contributed by atoms with Gasteiger partial charge in [-0.15, -0.1) is 0 Å². The number of piperazine rings is 1. The summed E-state index contributed by atoms with van der Waals surface area (Å²) in [7, 11) is 0. The van der Waals surface area contributed by atoms with Gasteiger partial charge in [0.1, 0.15) is 6.04 Å². The van der Waals surface area contributed by atoms with E-state index in [1.807, 2.05) is 18.7 Å². The first-order chi connectivity index (χ1) is 8.70. The summed E-state index contributed by atoms with van der Waals surface area (Å²) in [5.41, 5.74) is 5.54. The molecule has 1 unspecified atom stereocenters. The van der Waals surface area contributed by atoms with Crippen LogP contribution in [0.4, 0.5) is 0 Å². The second-order valence-electron chi connectivity index (χ2n) is 5.92. The van der Waals surface area contributed by atoms with Crippen LogP contribution in [0.2, 0.25) is 0 Å². The third-order valence-electron chi connectivity index (χ3n) is 3.56. The summed E-state index contributed by atoms with van der Waals surface area (Å²) in [6.45, 7) is 7.93. The predicted molar refractivity (Wildman–Crippen MR) is 72.8 cm³/mol. The molecule has 6 nitrogen and oxygen atoms in total. The fraction of sp³-hybridized carbons (Fsp3) is 0.846. The number of carbonyl (C=O) groups excluding carboxylic acids is 1. The van der Waals surface area contributed by atoms with E-state index in [0.717, 1.165) is 0 Å². The highest BCUT2D eigenvalue weighted by molar-refractivity contribution is 5.76. The molecule has 19 heavy (non-hydrogen) atoms. The highest BCUT2D eigenvalue weighted by atomic mass is 16.4. The van der Waals surface area contributed by atoms with Crippen LogP contribution in [-0.4, -0.2) is 64.5 Å². The number of hydrogen-bond acceptors (Lipinski definition) is 4. The Morgan fingerprint density at radius 1 is 1.26 bits per heavy atom. The quantitative estimate of drug-likeness (QED) is 0.741. The molecule has 1 rings (SSSR count). The Balaban J connectivity index is 2.37. The molecule has 6 heteroatoms. The van der Waals surface area contributed by atoms with E-state index in [0.29, 0.717) is 39.0 Å². The van der Waals surface area contributed by atoms with E-state index < -0.39 is 12.0 Å². The second kappa shape index (κ2) is 6.34. The molecule has 0 aromatic heterocycles. The van der Waals surface area contributed by atoms with Crippen LogP contribution in [0.1, 0.15) is 33.6 Å². The van der Waals surface area contributed by atoms with Crippen molar-refractivity contribution in [3.05, 3.63) is 0 Å². The van der Waals surface area contributed by atoms with Crippen LogP contribution in [0.25, 0.3) is 0 Å². The van der Waals surface area contributed by atoms with Gasteiger partial charge in [0.25, 0.3) is 0 Å². The van der Waals surface area contributed by atoms with Gasteiger partial charge >= 0.3 is 5.97 Å². The number of nitrogens with zero attached hydrogens (tertiary/aromatic N) is 2. The molecule has 1 saturated heterocycles. The predicted octanol–water partition coefficient (Wildman–Crippen LogP) is 0.121.